The fraction of sp³-hybridized carbons (Fsp3) is 0.500. The van der Waals surface area contributed by atoms with Crippen molar-refractivity contribution >= 4 is 28.3 Å². The van der Waals surface area contributed by atoms with Crippen molar-refractivity contribution in [3.8, 4) is 0 Å². The number of hydrogen-bond donors (Lipinski definition) is 4. The zero-order valence-corrected chi connectivity index (χ0v) is 11.1. The average molecular weight is 284 g/mol. The summed E-state index contributed by atoms with van der Waals surface area (Å²) in [7, 11) is 0. The third-order valence-corrected chi connectivity index (χ3v) is 3.93. The summed E-state index contributed by atoms with van der Waals surface area (Å²) in [6.45, 7) is 0. The topological polar surface area (TPSA) is 98.7 Å². The van der Waals surface area contributed by atoms with Crippen LogP contribution in [0.25, 0.3) is 0 Å². The molecule has 0 aromatic carbocycles. The molecule has 6 nitrogen and oxygen atoms in total. The van der Waals surface area contributed by atoms with Gasteiger partial charge in [-0.1, -0.05) is 0 Å². The van der Waals surface area contributed by atoms with Crippen molar-refractivity contribution in [3.63, 3.8) is 0 Å². The van der Waals surface area contributed by atoms with Crippen LogP contribution >= 0.6 is 11.3 Å². The van der Waals surface area contributed by atoms with Crippen molar-refractivity contribution in [1.29, 1.82) is 0 Å². The quantitative estimate of drug-likeness (QED) is 0.681. The third-order valence-electron chi connectivity index (χ3n) is 3.10. The van der Waals surface area contributed by atoms with E-state index in [2.05, 4.69) is 10.6 Å². The van der Waals surface area contributed by atoms with Gasteiger partial charge >= 0.3 is 12.0 Å². The number of anilines is 1. The Kier molecular flexibility index (Phi) is 4.39. The number of nitrogens with one attached hydrogen (secondary N) is 2. The lowest BCUT2D eigenvalue weighted by molar-refractivity contribution is 0.0698. The number of urea groups is 1. The second-order valence-corrected chi connectivity index (χ2v) is 5.50. The Morgan fingerprint density at radius 3 is 2.84 bits per heavy atom. The van der Waals surface area contributed by atoms with E-state index in [0.29, 0.717) is 11.4 Å². The van der Waals surface area contributed by atoms with Gasteiger partial charge in [0.05, 0.1) is 11.7 Å². The molecule has 1 aliphatic carbocycles. The number of aromatic carboxylic acids is 1. The minimum atomic E-state index is -1.07. The number of aliphatic hydroxyl groups excluding tert-OH is 1. The maximum atomic E-state index is 11.8. The summed E-state index contributed by atoms with van der Waals surface area (Å²) >= 11 is 1.17. The maximum Gasteiger partial charge on any atom is 0.338 e. The first-order chi connectivity index (χ1) is 9.06. The zero-order chi connectivity index (χ0) is 13.8. The van der Waals surface area contributed by atoms with Crippen molar-refractivity contribution in [3.05, 3.63) is 17.0 Å². The molecule has 2 amide bonds. The summed E-state index contributed by atoms with van der Waals surface area (Å²) in [6, 6.07) is 0.966. The van der Waals surface area contributed by atoms with E-state index >= 15 is 0 Å². The molecule has 2 rings (SSSR count). The maximum absolute atomic E-state index is 11.8. The Morgan fingerprint density at radius 2 is 2.16 bits per heavy atom. The van der Waals surface area contributed by atoms with Crippen LogP contribution < -0.4 is 10.6 Å². The first-order valence-corrected chi connectivity index (χ1v) is 7.00. The Hall–Kier alpha value is -1.60. The highest BCUT2D eigenvalue weighted by atomic mass is 32.1. The molecule has 1 aromatic rings. The van der Waals surface area contributed by atoms with Crippen LogP contribution in [0.3, 0.4) is 0 Å². The lowest BCUT2D eigenvalue weighted by atomic mass is 9.93. The van der Waals surface area contributed by atoms with E-state index in [4.69, 9.17) is 5.11 Å². The fourth-order valence-corrected chi connectivity index (χ4v) is 2.97. The predicted octanol–water partition coefficient (Wildman–Crippen LogP) is 1.87. The average Bonchev–Trinajstić information content (AvgIpc) is 2.76. The molecule has 0 radical (unpaired) electrons. The number of aliphatic hydroxyl groups is 1. The number of carboxylic acid groups (broad SMARTS) is 1. The number of rotatable bonds is 3. The summed E-state index contributed by atoms with van der Waals surface area (Å²) in [5.74, 6) is -1.07. The Balaban J connectivity index is 1.90. The van der Waals surface area contributed by atoms with E-state index in [-0.39, 0.29) is 17.7 Å². The van der Waals surface area contributed by atoms with Crippen molar-refractivity contribution in [1.82, 2.24) is 5.32 Å². The van der Waals surface area contributed by atoms with E-state index in [1.54, 1.807) is 5.38 Å². The molecule has 1 fully saturated rings. The summed E-state index contributed by atoms with van der Waals surface area (Å²) in [5.41, 5.74) is 0.0869. The highest BCUT2D eigenvalue weighted by Gasteiger charge is 2.22. The van der Waals surface area contributed by atoms with Gasteiger partial charge in [0.1, 0.15) is 5.00 Å². The van der Waals surface area contributed by atoms with Crippen LogP contribution in [0.1, 0.15) is 36.0 Å². The van der Waals surface area contributed by atoms with E-state index in [9.17, 15) is 14.7 Å². The largest absolute Gasteiger partial charge is 0.478 e. The normalized spacial score (nSPS) is 22.8. The summed E-state index contributed by atoms with van der Waals surface area (Å²) < 4.78 is 0. The lowest BCUT2D eigenvalue weighted by Crippen LogP contribution is -2.41. The van der Waals surface area contributed by atoms with Crippen LogP contribution in [0.2, 0.25) is 0 Å². The SMILES string of the molecule is O=C(Nc1sccc1C(=O)O)NC1CCCC(O)C1. The number of amides is 2. The van der Waals surface area contributed by atoms with Crippen LogP contribution in [0.15, 0.2) is 11.4 Å². The molecule has 2 unspecified atom stereocenters. The molecule has 1 heterocycles. The second kappa shape index (κ2) is 6.03. The highest BCUT2D eigenvalue weighted by Crippen LogP contribution is 2.23. The Labute approximate surface area is 114 Å². The summed E-state index contributed by atoms with van der Waals surface area (Å²) in [5, 5.41) is 25.7. The molecule has 1 saturated carbocycles. The number of carbonyl (C=O) groups excluding carboxylic acids is 1. The lowest BCUT2D eigenvalue weighted by Gasteiger charge is -2.26. The Morgan fingerprint density at radius 1 is 1.37 bits per heavy atom. The van der Waals surface area contributed by atoms with E-state index in [1.165, 1.54) is 17.4 Å². The van der Waals surface area contributed by atoms with E-state index in [1.807, 2.05) is 0 Å². The van der Waals surface area contributed by atoms with Crippen LogP contribution in [0.4, 0.5) is 9.80 Å². The monoisotopic (exact) mass is 284 g/mol. The van der Waals surface area contributed by atoms with Gasteiger partial charge in [0, 0.05) is 6.04 Å². The summed E-state index contributed by atoms with van der Waals surface area (Å²) in [6.07, 6.45) is 2.67. The molecule has 0 spiro atoms. The number of hydrogen-bond acceptors (Lipinski definition) is 4. The fourth-order valence-electron chi connectivity index (χ4n) is 2.19. The van der Waals surface area contributed by atoms with Crippen molar-refractivity contribution in [2.24, 2.45) is 0 Å². The van der Waals surface area contributed by atoms with Gasteiger partial charge in [-0.3, -0.25) is 5.32 Å². The van der Waals surface area contributed by atoms with Gasteiger partial charge in [0.25, 0.3) is 0 Å². The first kappa shape index (κ1) is 13.8. The smallest absolute Gasteiger partial charge is 0.338 e. The van der Waals surface area contributed by atoms with Gasteiger partial charge in [-0.15, -0.1) is 11.3 Å². The molecule has 1 aromatic heterocycles. The highest BCUT2D eigenvalue weighted by molar-refractivity contribution is 7.14. The molecular weight excluding hydrogens is 268 g/mol. The standard InChI is InChI=1S/C12H16N2O4S/c15-8-3-1-2-7(6-8)13-12(18)14-10-9(11(16)17)4-5-19-10/h4-5,7-8,15H,1-3,6H2,(H,16,17)(H2,13,14,18). The molecular formula is C12H16N2O4S. The summed E-state index contributed by atoms with van der Waals surface area (Å²) in [4.78, 5) is 22.7. The van der Waals surface area contributed by atoms with Crippen molar-refractivity contribution < 1.29 is 19.8 Å². The van der Waals surface area contributed by atoms with E-state index in [0.717, 1.165) is 19.3 Å². The number of carbonyl (C=O) groups is 2. The molecule has 2 atom stereocenters. The van der Waals surface area contributed by atoms with Crippen molar-refractivity contribution in [2.45, 2.75) is 37.8 Å². The second-order valence-electron chi connectivity index (χ2n) is 4.58. The molecule has 7 heteroatoms. The van der Waals surface area contributed by atoms with Crippen LogP contribution in [0.5, 0.6) is 0 Å². The van der Waals surface area contributed by atoms with Crippen molar-refractivity contribution in [2.75, 3.05) is 5.32 Å². The zero-order valence-electron chi connectivity index (χ0n) is 10.3. The number of thiophene rings is 1. The minimum absolute atomic E-state index is 0.0583. The van der Waals surface area contributed by atoms with Gasteiger partial charge < -0.3 is 15.5 Å². The molecule has 1 aliphatic rings. The molecule has 0 bridgehead atoms. The molecule has 104 valence electrons. The third kappa shape index (κ3) is 3.68. The van der Waals surface area contributed by atoms with Gasteiger partial charge in [0.2, 0.25) is 0 Å². The minimum Gasteiger partial charge on any atom is -0.478 e. The van der Waals surface area contributed by atoms with Crippen LogP contribution in [-0.2, 0) is 0 Å². The van der Waals surface area contributed by atoms with Gasteiger partial charge in [-0.2, -0.15) is 0 Å². The van der Waals surface area contributed by atoms with E-state index < -0.39 is 12.0 Å². The molecule has 4 N–H and O–H groups in total. The molecule has 0 saturated heterocycles. The number of carboxylic acids is 1. The molecule has 0 aliphatic heterocycles. The van der Waals surface area contributed by atoms with Gasteiger partial charge in [-0.25, -0.2) is 9.59 Å². The van der Waals surface area contributed by atoms with Gasteiger partial charge in [0.15, 0.2) is 0 Å². The van der Waals surface area contributed by atoms with Crippen LogP contribution in [0, 0.1) is 0 Å². The first-order valence-electron chi connectivity index (χ1n) is 6.12. The Bertz CT molecular complexity index is 474. The predicted molar refractivity (Wildman–Crippen MR) is 71.7 cm³/mol. The molecule has 19 heavy (non-hydrogen) atoms. The van der Waals surface area contributed by atoms with Crippen LogP contribution in [-0.4, -0.2) is 34.4 Å². The van der Waals surface area contributed by atoms with Gasteiger partial charge in [-0.05, 0) is 37.1 Å².